The molecule has 0 fully saturated rings. The van der Waals surface area contributed by atoms with E-state index in [2.05, 4.69) is 80.6 Å². The van der Waals surface area contributed by atoms with Gasteiger partial charge in [-0.3, -0.25) is 0 Å². The molecule has 210 valence electrons. The van der Waals surface area contributed by atoms with E-state index in [1.165, 1.54) is 22.3 Å². The molecule has 0 aromatic heterocycles. The molecule has 0 amide bonds. The Hall–Kier alpha value is -3.38. The summed E-state index contributed by atoms with van der Waals surface area (Å²) >= 11 is 0. The summed E-state index contributed by atoms with van der Waals surface area (Å²) in [6.07, 6.45) is 4.92. The Balaban J connectivity index is 1.38. The number of aryl methyl sites for hydroxylation is 2. The maximum Gasteiger partial charge on any atom is 0.162 e. The molecule has 2 N–H and O–H groups in total. The van der Waals surface area contributed by atoms with Crippen LogP contribution in [-0.4, -0.2) is 57.0 Å². The van der Waals surface area contributed by atoms with Crippen LogP contribution in [0.1, 0.15) is 54.9 Å². The molecule has 0 bridgehead atoms. The molecule has 0 saturated heterocycles. The zero-order valence-corrected chi connectivity index (χ0v) is 24.3. The van der Waals surface area contributed by atoms with Crippen LogP contribution in [0.3, 0.4) is 0 Å². The summed E-state index contributed by atoms with van der Waals surface area (Å²) in [4.78, 5) is 2.18. The number of methoxy groups -OCH3 is 2. The topological polar surface area (TPSA) is 63.2 Å². The highest BCUT2D eigenvalue weighted by Gasteiger charge is 2.25. The maximum atomic E-state index is 9.88. The first-order valence-corrected chi connectivity index (χ1v) is 13.9. The lowest BCUT2D eigenvalue weighted by Gasteiger charge is -2.32. The third-order valence-corrected chi connectivity index (χ3v) is 8.10. The first kappa shape index (κ1) is 28.6. The fourth-order valence-electron chi connectivity index (χ4n) is 5.05. The monoisotopic (exact) mass is 532 g/mol. The number of benzene rings is 3. The molecular weight excluding hydrogens is 488 g/mol. The Morgan fingerprint density at radius 2 is 1.67 bits per heavy atom. The van der Waals surface area contributed by atoms with Crippen molar-refractivity contribution in [3.05, 3.63) is 76.9 Å². The molecule has 0 heterocycles. The number of ether oxygens (including phenoxy) is 3. The van der Waals surface area contributed by atoms with Crippen LogP contribution in [0.5, 0.6) is 23.0 Å². The minimum atomic E-state index is -0.0166. The first-order chi connectivity index (χ1) is 18.7. The third-order valence-electron chi connectivity index (χ3n) is 8.10. The number of nitrogens with one attached hydrogen (secondary N) is 1. The van der Waals surface area contributed by atoms with Crippen LogP contribution in [0.15, 0.2) is 54.6 Å². The summed E-state index contributed by atoms with van der Waals surface area (Å²) in [5.74, 6) is 3.11. The van der Waals surface area contributed by atoms with Crippen LogP contribution in [-0.2, 0) is 19.3 Å². The lowest BCUT2D eigenvalue weighted by molar-refractivity contribution is 0.114. The third kappa shape index (κ3) is 7.18. The second-order valence-electron chi connectivity index (χ2n) is 11.4. The van der Waals surface area contributed by atoms with Crippen LogP contribution in [0.4, 0.5) is 5.69 Å². The molecule has 3 aromatic carbocycles. The molecular formula is C33H44N2O4. The zero-order valence-electron chi connectivity index (χ0n) is 24.3. The molecule has 4 rings (SSSR count). The second-order valence-corrected chi connectivity index (χ2v) is 11.4. The van der Waals surface area contributed by atoms with Gasteiger partial charge in [-0.05, 0) is 119 Å². The van der Waals surface area contributed by atoms with Crippen molar-refractivity contribution in [2.75, 3.05) is 46.8 Å². The van der Waals surface area contributed by atoms with Crippen molar-refractivity contribution in [3.8, 4) is 23.0 Å². The van der Waals surface area contributed by atoms with Crippen LogP contribution in [0.2, 0.25) is 0 Å². The van der Waals surface area contributed by atoms with Gasteiger partial charge in [0.25, 0.3) is 0 Å². The molecule has 3 aromatic rings. The second kappa shape index (κ2) is 12.6. The van der Waals surface area contributed by atoms with E-state index < -0.39 is 0 Å². The summed E-state index contributed by atoms with van der Waals surface area (Å²) < 4.78 is 17.3. The molecule has 1 aliphatic rings. The van der Waals surface area contributed by atoms with Gasteiger partial charge in [0.2, 0.25) is 0 Å². The Bertz CT molecular complexity index is 1240. The summed E-state index contributed by atoms with van der Waals surface area (Å²) in [5, 5.41) is 13.6. The number of rotatable bonds is 12. The Labute approximate surface area is 233 Å². The Morgan fingerprint density at radius 1 is 0.949 bits per heavy atom. The van der Waals surface area contributed by atoms with E-state index in [1.54, 1.807) is 20.3 Å². The molecule has 39 heavy (non-hydrogen) atoms. The van der Waals surface area contributed by atoms with Gasteiger partial charge in [0.05, 0.1) is 14.2 Å². The van der Waals surface area contributed by atoms with Crippen LogP contribution >= 0.6 is 0 Å². The number of phenols is 1. The average Bonchev–Trinajstić information content (AvgIpc) is 2.94. The van der Waals surface area contributed by atoms with Gasteiger partial charge in [0.15, 0.2) is 11.5 Å². The van der Waals surface area contributed by atoms with E-state index in [1.807, 2.05) is 6.07 Å². The number of aromatic hydroxyl groups is 1. The number of hydrogen-bond donors (Lipinski definition) is 2. The molecule has 1 atom stereocenters. The number of anilines is 1. The summed E-state index contributed by atoms with van der Waals surface area (Å²) in [7, 11) is 7.52. The highest BCUT2D eigenvalue weighted by Crippen LogP contribution is 2.42. The van der Waals surface area contributed by atoms with Crippen molar-refractivity contribution in [2.24, 2.45) is 0 Å². The van der Waals surface area contributed by atoms with Crippen LogP contribution < -0.4 is 19.5 Å². The number of fused-ring (bicyclic) bond motifs is 1. The quantitative estimate of drug-likeness (QED) is 0.262. The van der Waals surface area contributed by atoms with Gasteiger partial charge < -0.3 is 29.5 Å². The largest absolute Gasteiger partial charge is 0.508 e. The fraction of sp³-hybridized carbons (Fsp3) is 0.455. The number of nitrogens with zero attached hydrogens (tertiary/aromatic N) is 1. The highest BCUT2D eigenvalue weighted by molar-refractivity contribution is 5.62. The van der Waals surface area contributed by atoms with Crippen LogP contribution in [0.25, 0.3) is 0 Å². The highest BCUT2D eigenvalue weighted by atomic mass is 16.5. The smallest absolute Gasteiger partial charge is 0.162 e. The van der Waals surface area contributed by atoms with Gasteiger partial charge in [0, 0.05) is 23.8 Å². The van der Waals surface area contributed by atoms with Gasteiger partial charge in [-0.1, -0.05) is 18.2 Å². The first-order valence-electron chi connectivity index (χ1n) is 13.9. The number of hydrogen-bond acceptors (Lipinski definition) is 6. The van der Waals surface area contributed by atoms with Crippen molar-refractivity contribution >= 4 is 5.69 Å². The summed E-state index contributed by atoms with van der Waals surface area (Å²) in [6.45, 7) is 5.86. The van der Waals surface area contributed by atoms with E-state index in [9.17, 15) is 5.11 Å². The van der Waals surface area contributed by atoms with E-state index in [4.69, 9.17) is 14.2 Å². The molecule has 1 unspecified atom stereocenters. The maximum absolute atomic E-state index is 9.88. The summed E-state index contributed by atoms with van der Waals surface area (Å²) in [5.41, 5.74) is 6.20. The van der Waals surface area contributed by atoms with Crippen molar-refractivity contribution < 1.29 is 19.3 Å². The predicted octanol–water partition coefficient (Wildman–Crippen LogP) is 6.45. The minimum absolute atomic E-state index is 0.0166. The van der Waals surface area contributed by atoms with E-state index in [0.29, 0.717) is 18.3 Å². The van der Waals surface area contributed by atoms with Crippen molar-refractivity contribution in [3.63, 3.8) is 0 Å². The molecule has 0 spiro atoms. The van der Waals surface area contributed by atoms with Crippen molar-refractivity contribution in [1.29, 1.82) is 0 Å². The standard InChI is InChI=1S/C33H44N2O4/c1-33(2,35(3)4)22-39-28-15-9-23(10-16-28)8-7-17-34-30-21-32(38-6)31(37-5)20-29(30)26-12-11-25-19-27(36)14-13-24(25)18-26/h9-10,13-16,19-21,26,34,36H,7-8,11-12,17-18,22H2,1-6H3. The number of likely N-dealkylation sites (N-methyl/N-ethyl adjacent to an activating group) is 1. The molecule has 1 aliphatic carbocycles. The zero-order chi connectivity index (χ0) is 28.0. The Morgan fingerprint density at radius 3 is 2.36 bits per heavy atom. The molecule has 0 saturated carbocycles. The van der Waals surface area contributed by atoms with Gasteiger partial charge in [-0.25, -0.2) is 0 Å². The van der Waals surface area contributed by atoms with E-state index in [-0.39, 0.29) is 5.54 Å². The van der Waals surface area contributed by atoms with Gasteiger partial charge in [-0.15, -0.1) is 0 Å². The Kier molecular flexibility index (Phi) is 9.28. The van der Waals surface area contributed by atoms with Gasteiger partial charge >= 0.3 is 0 Å². The average molecular weight is 533 g/mol. The fourth-order valence-corrected chi connectivity index (χ4v) is 5.05. The molecule has 0 aliphatic heterocycles. The minimum Gasteiger partial charge on any atom is -0.508 e. The lowest BCUT2D eigenvalue weighted by atomic mass is 9.79. The molecule has 0 radical (unpaired) electrons. The van der Waals surface area contributed by atoms with Crippen molar-refractivity contribution in [1.82, 2.24) is 4.90 Å². The lowest BCUT2D eigenvalue weighted by Crippen LogP contribution is -2.43. The molecule has 6 nitrogen and oxygen atoms in total. The molecule has 6 heteroatoms. The summed E-state index contributed by atoms with van der Waals surface area (Å²) in [6, 6.07) is 18.4. The van der Waals surface area contributed by atoms with E-state index in [0.717, 1.165) is 61.6 Å². The SMILES string of the molecule is COc1cc(NCCCc2ccc(OCC(C)(C)N(C)C)cc2)c(C2CCc3cc(O)ccc3C2)cc1OC. The van der Waals surface area contributed by atoms with E-state index >= 15 is 0 Å². The van der Waals surface area contributed by atoms with Gasteiger partial charge in [0.1, 0.15) is 18.1 Å². The predicted molar refractivity (Wildman–Crippen MR) is 159 cm³/mol. The number of phenolic OH excluding ortho intramolecular Hbond substituents is 1. The van der Waals surface area contributed by atoms with Crippen LogP contribution in [0, 0.1) is 0 Å². The normalized spacial score (nSPS) is 15.1. The van der Waals surface area contributed by atoms with Crippen molar-refractivity contribution in [2.45, 2.75) is 57.4 Å². The van der Waals surface area contributed by atoms with Gasteiger partial charge in [-0.2, -0.15) is 0 Å².